The number of ether oxygens (including phenoxy) is 1. The summed E-state index contributed by atoms with van der Waals surface area (Å²) in [5.74, 6) is 1.64. The summed E-state index contributed by atoms with van der Waals surface area (Å²) in [4.78, 5) is 0. The minimum atomic E-state index is 0.584. The van der Waals surface area contributed by atoms with Gasteiger partial charge in [0.05, 0.1) is 7.11 Å². The molecule has 1 aromatic rings. The van der Waals surface area contributed by atoms with E-state index in [1.54, 1.807) is 7.11 Å². The zero-order chi connectivity index (χ0) is 12.3. The second-order valence-corrected chi connectivity index (χ2v) is 4.92. The third-order valence-corrected chi connectivity index (χ3v) is 3.85. The van der Waals surface area contributed by atoms with Crippen LogP contribution in [0.25, 0.3) is 0 Å². The molecule has 0 amide bonds. The highest BCUT2D eigenvalue weighted by Gasteiger charge is 2.27. The molecule has 1 aliphatic rings. The van der Waals surface area contributed by atoms with E-state index in [9.17, 15) is 0 Å². The number of fused-ring (bicyclic) bond motifs is 1. The second kappa shape index (κ2) is 5.54. The van der Waals surface area contributed by atoms with E-state index in [-0.39, 0.29) is 0 Å². The van der Waals surface area contributed by atoms with Crippen LogP contribution in [0.4, 0.5) is 0 Å². The fraction of sp³-hybridized carbons (Fsp3) is 0.600. The van der Waals surface area contributed by atoms with Crippen LogP contribution in [0.1, 0.15) is 43.7 Å². The van der Waals surface area contributed by atoms with Crippen molar-refractivity contribution >= 4 is 0 Å². The van der Waals surface area contributed by atoms with Crippen LogP contribution in [0.5, 0.6) is 5.75 Å². The number of nitrogens with one attached hydrogen (secondary N) is 1. The van der Waals surface area contributed by atoms with Crippen LogP contribution in [0.2, 0.25) is 0 Å². The smallest absolute Gasteiger partial charge is 0.122 e. The summed E-state index contributed by atoms with van der Waals surface area (Å²) in [5.41, 5.74) is 2.88. The van der Waals surface area contributed by atoms with Crippen molar-refractivity contribution in [3.63, 3.8) is 0 Å². The first kappa shape index (κ1) is 12.4. The zero-order valence-electron chi connectivity index (χ0n) is 11.1. The lowest BCUT2D eigenvalue weighted by Gasteiger charge is -2.32. The Morgan fingerprint density at radius 3 is 2.94 bits per heavy atom. The van der Waals surface area contributed by atoms with Gasteiger partial charge in [-0.05, 0) is 48.9 Å². The number of rotatable bonds is 4. The molecule has 17 heavy (non-hydrogen) atoms. The maximum absolute atomic E-state index is 5.46. The summed E-state index contributed by atoms with van der Waals surface area (Å²) >= 11 is 0. The molecule has 2 heteroatoms. The lowest BCUT2D eigenvalue weighted by Crippen LogP contribution is -2.37. The second-order valence-electron chi connectivity index (χ2n) is 4.92. The van der Waals surface area contributed by atoms with Gasteiger partial charge in [-0.3, -0.25) is 0 Å². The Bertz CT molecular complexity index is 375. The largest absolute Gasteiger partial charge is 0.496 e. The van der Waals surface area contributed by atoms with Crippen LogP contribution in [-0.2, 0) is 6.42 Å². The molecule has 0 bridgehead atoms. The van der Waals surface area contributed by atoms with Crippen LogP contribution in [0.15, 0.2) is 18.2 Å². The van der Waals surface area contributed by atoms with Gasteiger partial charge in [-0.1, -0.05) is 26.0 Å². The van der Waals surface area contributed by atoms with Crippen molar-refractivity contribution in [3.05, 3.63) is 29.3 Å². The fourth-order valence-electron chi connectivity index (χ4n) is 2.84. The minimum Gasteiger partial charge on any atom is -0.496 e. The number of benzene rings is 1. The summed E-state index contributed by atoms with van der Waals surface area (Å²) in [6, 6.07) is 7.05. The first-order chi connectivity index (χ1) is 8.27. The summed E-state index contributed by atoms with van der Waals surface area (Å²) in [7, 11) is 1.77. The lowest BCUT2D eigenvalue weighted by molar-refractivity contribution is 0.378. The van der Waals surface area contributed by atoms with Crippen molar-refractivity contribution in [3.8, 4) is 5.75 Å². The van der Waals surface area contributed by atoms with E-state index >= 15 is 0 Å². The molecular weight excluding hydrogens is 210 g/mol. The number of hydrogen-bond donors (Lipinski definition) is 1. The van der Waals surface area contributed by atoms with Crippen LogP contribution in [-0.4, -0.2) is 19.7 Å². The highest BCUT2D eigenvalue weighted by Crippen LogP contribution is 2.36. The standard InChI is InChI=1S/C15H23NO/c1-4-10-16-14-9-8-13-12(11(14)2)6-5-7-15(13)17-3/h5-7,11,14,16H,4,8-10H2,1-3H3/t11?,14-/m1/s1. The van der Waals surface area contributed by atoms with Crippen LogP contribution >= 0.6 is 0 Å². The van der Waals surface area contributed by atoms with Gasteiger partial charge < -0.3 is 10.1 Å². The van der Waals surface area contributed by atoms with Gasteiger partial charge in [0.2, 0.25) is 0 Å². The molecule has 0 aromatic heterocycles. The summed E-state index contributed by atoms with van der Waals surface area (Å²) in [5, 5.41) is 3.66. The minimum absolute atomic E-state index is 0.584. The zero-order valence-corrected chi connectivity index (χ0v) is 11.1. The third-order valence-electron chi connectivity index (χ3n) is 3.85. The molecule has 94 valence electrons. The van der Waals surface area contributed by atoms with Gasteiger partial charge >= 0.3 is 0 Å². The van der Waals surface area contributed by atoms with Gasteiger partial charge in [0.1, 0.15) is 5.75 Å². The van der Waals surface area contributed by atoms with Crippen molar-refractivity contribution in [1.82, 2.24) is 5.32 Å². The van der Waals surface area contributed by atoms with Crippen LogP contribution in [0.3, 0.4) is 0 Å². The maximum atomic E-state index is 5.46. The van der Waals surface area contributed by atoms with Crippen molar-refractivity contribution in [1.29, 1.82) is 0 Å². The normalized spacial score (nSPS) is 23.2. The van der Waals surface area contributed by atoms with Gasteiger partial charge in [-0.2, -0.15) is 0 Å². The summed E-state index contributed by atoms with van der Waals surface area (Å²) < 4.78 is 5.46. The van der Waals surface area contributed by atoms with Crippen LogP contribution in [0, 0.1) is 0 Å². The van der Waals surface area contributed by atoms with Crippen molar-refractivity contribution in [2.75, 3.05) is 13.7 Å². The van der Waals surface area contributed by atoms with Gasteiger partial charge in [-0.15, -0.1) is 0 Å². The third kappa shape index (κ3) is 2.47. The van der Waals surface area contributed by atoms with Crippen molar-refractivity contribution < 1.29 is 4.74 Å². The van der Waals surface area contributed by atoms with Gasteiger partial charge in [-0.25, -0.2) is 0 Å². The summed E-state index contributed by atoms with van der Waals surface area (Å²) in [6.07, 6.45) is 3.55. The van der Waals surface area contributed by atoms with E-state index in [4.69, 9.17) is 4.74 Å². The Kier molecular flexibility index (Phi) is 4.06. The number of hydrogen-bond acceptors (Lipinski definition) is 2. The van der Waals surface area contributed by atoms with E-state index in [0.29, 0.717) is 12.0 Å². The maximum Gasteiger partial charge on any atom is 0.122 e. The Morgan fingerprint density at radius 2 is 2.24 bits per heavy atom. The van der Waals surface area contributed by atoms with E-state index in [1.807, 2.05) is 0 Å². The molecule has 2 nitrogen and oxygen atoms in total. The summed E-state index contributed by atoms with van der Waals surface area (Å²) in [6.45, 7) is 5.66. The molecule has 2 rings (SSSR count). The molecule has 0 saturated carbocycles. The molecule has 0 aliphatic heterocycles. The molecule has 0 radical (unpaired) electrons. The van der Waals surface area contributed by atoms with E-state index < -0.39 is 0 Å². The predicted octanol–water partition coefficient (Wildman–Crippen LogP) is 3.11. The Labute approximate surface area is 104 Å². The molecule has 1 aliphatic carbocycles. The van der Waals surface area contributed by atoms with Crippen molar-refractivity contribution in [2.24, 2.45) is 0 Å². The average molecular weight is 233 g/mol. The molecule has 0 fully saturated rings. The highest BCUT2D eigenvalue weighted by atomic mass is 16.5. The topological polar surface area (TPSA) is 21.3 Å². The SMILES string of the molecule is CCCN[C@@H]1CCc2c(OC)cccc2C1C. The van der Waals surface area contributed by atoms with Crippen LogP contribution < -0.4 is 10.1 Å². The molecule has 0 heterocycles. The molecule has 0 saturated heterocycles. The first-order valence-electron chi connectivity index (χ1n) is 6.67. The Hall–Kier alpha value is -1.02. The molecule has 1 unspecified atom stereocenters. The average Bonchev–Trinajstić information content (AvgIpc) is 2.37. The lowest BCUT2D eigenvalue weighted by atomic mass is 9.80. The van der Waals surface area contributed by atoms with Crippen molar-refractivity contribution in [2.45, 2.75) is 45.1 Å². The van der Waals surface area contributed by atoms with E-state index in [0.717, 1.165) is 18.7 Å². The monoisotopic (exact) mass is 233 g/mol. The molecular formula is C15H23NO. The molecule has 1 N–H and O–H groups in total. The molecule has 2 atom stereocenters. The van der Waals surface area contributed by atoms with E-state index in [1.165, 1.54) is 24.0 Å². The predicted molar refractivity (Wildman–Crippen MR) is 71.8 cm³/mol. The molecule has 1 aromatic carbocycles. The van der Waals surface area contributed by atoms with Gasteiger partial charge in [0.25, 0.3) is 0 Å². The Morgan fingerprint density at radius 1 is 1.41 bits per heavy atom. The van der Waals surface area contributed by atoms with E-state index in [2.05, 4.69) is 37.4 Å². The van der Waals surface area contributed by atoms with Gasteiger partial charge in [0, 0.05) is 6.04 Å². The first-order valence-corrected chi connectivity index (χ1v) is 6.67. The molecule has 0 spiro atoms. The fourth-order valence-corrected chi connectivity index (χ4v) is 2.84. The Balaban J connectivity index is 2.20. The highest BCUT2D eigenvalue weighted by molar-refractivity contribution is 5.44. The number of methoxy groups -OCH3 is 1. The quantitative estimate of drug-likeness (QED) is 0.862. The van der Waals surface area contributed by atoms with Gasteiger partial charge in [0.15, 0.2) is 0 Å².